The third-order valence-corrected chi connectivity index (χ3v) is 5.47. The van der Waals surface area contributed by atoms with Crippen LogP contribution in [-0.2, 0) is 16.0 Å². The molecule has 0 aliphatic carbocycles. The summed E-state index contributed by atoms with van der Waals surface area (Å²) in [6.07, 6.45) is 3.10. The van der Waals surface area contributed by atoms with Crippen molar-refractivity contribution < 1.29 is 14.0 Å². The molecule has 1 N–H and O–H groups in total. The number of aromatic nitrogens is 1. The van der Waals surface area contributed by atoms with Crippen LogP contribution in [0, 0.1) is 0 Å². The lowest BCUT2D eigenvalue weighted by Gasteiger charge is -2.17. The number of hydrogen-bond acceptors (Lipinski definition) is 5. The SMILES string of the molecule is O=C(Cc1csc(-c2ccco2)n1)Nc1cc(N2CCCC2=O)ccc1Cl. The van der Waals surface area contributed by atoms with Gasteiger partial charge in [0.25, 0.3) is 0 Å². The standard InChI is InChI=1S/C19H16ClN3O3S/c20-14-6-5-13(23-7-1-4-18(23)25)10-15(14)22-17(24)9-12-11-27-19(21-12)16-3-2-8-26-16/h2-3,5-6,8,10-11H,1,4,7,9H2,(H,22,24). The highest BCUT2D eigenvalue weighted by atomic mass is 35.5. The number of furan rings is 1. The van der Waals surface area contributed by atoms with Gasteiger partial charge in [-0.15, -0.1) is 11.3 Å². The van der Waals surface area contributed by atoms with Crippen LogP contribution < -0.4 is 10.2 Å². The Morgan fingerprint density at radius 1 is 1.37 bits per heavy atom. The van der Waals surface area contributed by atoms with E-state index < -0.39 is 0 Å². The maximum atomic E-state index is 12.4. The van der Waals surface area contributed by atoms with Crippen LogP contribution in [0.5, 0.6) is 0 Å². The number of halogens is 1. The van der Waals surface area contributed by atoms with E-state index in [2.05, 4.69) is 10.3 Å². The number of nitrogens with zero attached hydrogens (tertiary/aromatic N) is 2. The number of rotatable bonds is 5. The smallest absolute Gasteiger partial charge is 0.230 e. The van der Waals surface area contributed by atoms with Crippen molar-refractivity contribution in [2.24, 2.45) is 0 Å². The van der Waals surface area contributed by atoms with E-state index in [1.54, 1.807) is 35.4 Å². The second-order valence-electron chi connectivity index (χ2n) is 6.16. The van der Waals surface area contributed by atoms with Gasteiger partial charge in [0.05, 0.1) is 29.1 Å². The first-order valence-corrected chi connectivity index (χ1v) is 9.74. The predicted octanol–water partition coefficient (Wildman–Crippen LogP) is 4.36. The highest BCUT2D eigenvalue weighted by Gasteiger charge is 2.22. The van der Waals surface area contributed by atoms with E-state index in [0.717, 1.165) is 17.1 Å². The molecule has 2 amide bonds. The van der Waals surface area contributed by atoms with E-state index in [1.165, 1.54) is 11.3 Å². The zero-order valence-electron chi connectivity index (χ0n) is 14.3. The molecule has 1 fully saturated rings. The van der Waals surface area contributed by atoms with E-state index in [4.69, 9.17) is 16.0 Å². The second kappa shape index (κ2) is 7.54. The lowest BCUT2D eigenvalue weighted by atomic mass is 10.2. The van der Waals surface area contributed by atoms with Crippen molar-refractivity contribution in [1.29, 1.82) is 0 Å². The van der Waals surface area contributed by atoms with Crippen LogP contribution in [0.15, 0.2) is 46.4 Å². The molecule has 138 valence electrons. The Bertz CT molecular complexity index is 984. The molecule has 0 atom stereocenters. The summed E-state index contributed by atoms with van der Waals surface area (Å²) in [6.45, 7) is 0.683. The maximum Gasteiger partial charge on any atom is 0.230 e. The number of carbonyl (C=O) groups excluding carboxylic acids is 2. The molecule has 8 heteroatoms. The van der Waals surface area contributed by atoms with E-state index >= 15 is 0 Å². The molecule has 1 saturated heterocycles. The lowest BCUT2D eigenvalue weighted by Crippen LogP contribution is -2.24. The molecule has 6 nitrogen and oxygen atoms in total. The number of anilines is 2. The summed E-state index contributed by atoms with van der Waals surface area (Å²) in [4.78, 5) is 30.5. The molecule has 1 aromatic carbocycles. The van der Waals surface area contributed by atoms with Gasteiger partial charge in [0.1, 0.15) is 0 Å². The number of amides is 2. The maximum absolute atomic E-state index is 12.4. The Hall–Kier alpha value is -2.64. The molecule has 0 spiro atoms. The molecule has 1 aliphatic rings. The Labute approximate surface area is 164 Å². The van der Waals surface area contributed by atoms with Gasteiger partial charge in [-0.05, 0) is 36.8 Å². The fourth-order valence-corrected chi connectivity index (χ4v) is 3.91. The lowest BCUT2D eigenvalue weighted by molar-refractivity contribution is -0.117. The highest BCUT2D eigenvalue weighted by Crippen LogP contribution is 2.30. The minimum atomic E-state index is -0.224. The molecule has 27 heavy (non-hydrogen) atoms. The van der Waals surface area contributed by atoms with Crippen molar-refractivity contribution >= 4 is 46.1 Å². The van der Waals surface area contributed by atoms with Gasteiger partial charge in [-0.2, -0.15) is 0 Å². The van der Waals surface area contributed by atoms with Gasteiger partial charge < -0.3 is 14.6 Å². The number of nitrogens with one attached hydrogen (secondary N) is 1. The Balaban J connectivity index is 1.45. The van der Waals surface area contributed by atoms with Gasteiger partial charge in [0.15, 0.2) is 10.8 Å². The van der Waals surface area contributed by atoms with Crippen molar-refractivity contribution in [1.82, 2.24) is 4.98 Å². The topological polar surface area (TPSA) is 75.4 Å². The summed E-state index contributed by atoms with van der Waals surface area (Å²) in [5.41, 5.74) is 1.89. The van der Waals surface area contributed by atoms with Gasteiger partial charge >= 0.3 is 0 Å². The fourth-order valence-electron chi connectivity index (χ4n) is 2.96. The van der Waals surface area contributed by atoms with E-state index in [9.17, 15) is 9.59 Å². The summed E-state index contributed by atoms with van der Waals surface area (Å²) < 4.78 is 5.32. The minimum absolute atomic E-state index is 0.0857. The van der Waals surface area contributed by atoms with E-state index in [-0.39, 0.29) is 18.2 Å². The van der Waals surface area contributed by atoms with Crippen molar-refractivity contribution in [2.45, 2.75) is 19.3 Å². The molecule has 3 aromatic rings. The molecule has 2 aromatic heterocycles. The third-order valence-electron chi connectivity index (χ3n) is 4.23. The van der Waals surface area contributed by atoms with Crippen molar-refractivity contribution in [3.05, 3.63) is 52.7 Å². The largest absolute Gasteiger partial charge is 0.462 e. The third kappa shape index (κ3) is 3.89. The second-order valence-corrected chi connectivity index (χ2v) is 7.42. The van der Waals surface area contributed by atoms with E-state index in [1.807, 2.05) is 11.4 Å². The Kier molecular flexibility index (Phi) is 4.96. The van der Waals surface area contributed by atoms with Crippen LogP contribution in [-0.4, -0.2) is 23.3 Å². The molecule has 0 bridgehead atoms. The van der Waals surface area contributed by atoms with Gasteiger partial charge in [0, 0.05) is 24.0 Å². The van der Waals surface area contributed by atoms with Gasteiger partial charge in [-0.25, -0.2) is 4.98 Å². The van der Waals surface area contributed by atoms with Gasteiger partial charge in [0.2, 0.25) is 11.8 Å². The molecule has 0 saturated carbocycles. The number of hydrogen-bond donors (Lipinski definition) is 1. The quantitative estimate of drug-likeness (QED) is 0.689. The summed E-state index contributed by atoms with van der Waals surface area (Å²) in [5, 5.41) is 5.80. The fraction of sp³-hybridized carbons (Fsp3) is 0.211. The van der Waals surface area contributed by atoms with Crippen molar-refractivity contribution in [3.8, 4) is 10.8 Å². The molecule has 3 heterocycles. The van der Waals surface area contributed by atoms with Crippen LogP contribution in [0.3, 0.4) is 0 Å². The number of thiazole rings is 1. The molecular formula is C19H16ClN3O3S. The van der Waals surface area contributed by atoms with Crippen LogP contribution >= 0.6 is 22.9 Å². The Morgan fingerprint density at radius 2 is 2.26 bits per heavy atom. The van der Waals surface area contributed by atoms with Crippen molar-refractivity contribution in [3.63, 3.8) is 0 Å². The molecule has 0 radical (unpaired) electrons. The zero-order valence-corrected chi connectivity index (χ0v) is 15.8. The summed E-state index contributed by atoms with van der Waals surface area (Å²) >= 11 is 7.64. The van der Waals surface area contributed by atoms with E-state index in [0.29, 0.717) is 35.1 Å². The number of benzene rings is 1. The minimum Gasteiger partial charge on any atom is -0.462 e. The Morgan fingerprint density at radius 3 is 3.00 bits per heavy atom. The highest BCUT2D eigenvalue weighted by molar-refractivity contribution is 7.13. The molecule has 0 unspecified atom stereocenters. The van der Waals surface area contributed by atoms with Crippen LogP contribution in [0.25, 0.3) is 10.8 Å². The average molecular weight is 402 g/mol. The molecule has 1 aliphatic heterocycles. The normalized spacial score (nSPS) is 14.0. The zero-order chi connectivity index (χ0) is 18.8. The first-order valence-electron chi connectivity index (χ1n) is 8.48. The van der Waals surface area contributed by atoms with Gasteiger partial charge in [-0.1, -0.05) is 11.6 Å². The van der Waals surface area contributed by atoms with Crippen LogP contribution in [0.4, 0.5) is 11.4 Å². The van der Waals surface area contributed by atoms with Crippen molar-refractivity contribution in [2.75, 3.05) is 16.8 Å². The van der Waals surface area contributed by atoms with Crippen LogP contribution in [0.2, 0.25) is 5.02 Å². The molecular weight excluding hydrogens is 386 g/mol. The summed E-state index contributed by atoms with van der Waals surface area (Å²) in [7, 11) is 0. The summed E-state index contributed by atoms with van der Waals surface area (Å²) in [6, 6.07) is 8.84. The first kappa shape index (κ1) is 17.8. The monoisotopic (exact) mass is 401 g/mol. The number of carbonyl (C=O) groups is 2. The first-order chi connectivity index (χ1) is 13.1. The van der Waals surface area contributed by atoms with Crippen LogP contribution in [0.1, 0.15) is 18.5 Å². The predicted molar refractivity (Wildman–Crippen MR) is 105 cm³/mol. The summed E-state index contributed by atoms with van der Waals surface area (Å²) in [5.74, 6) is 0.540. The average Bonchev–Trinajstić information content (AvgIpc) is 3.38. The molecule has 4 rings (SSSR count). The van der Waals surface area contributed by atoms with Gasteiger partial charge in [-0.3, -0.25) is 9.59 Å².